The first-order valence-electron chi connectivity index (χ1n) is 6.10. The Morgan fingerprint density at radius 1 is 1.32 bits per heavy atom. The minimum atomic E-state index is -0.252. The molecule has 1 aromatic carbocycles. The van der Waals surface area contributed by atoms with Crippen molar-refractivity contribution in [2.24, 2.45) is 5.73 Å². The smallest absolute Gasteiger partial charge is 0.243 e. The number of benzene rings is 1. The molecule has 5 nitrogen and oxygen atoms in total. The van der Waals surface area contributed by atoms with Crippen molar-refractivity contribution in [1.82, 2.24) is 4.90 Å². The third kappa shape index (κ3) is 5.28. The number of nitrogens with zero attached hydrogens (tertiary/aromatic N) is 1. The molecule has 0 heterocycles. The zero-order chi connectivity index (χ0) is 14.3. The molecular formula is C13H18ClN3O2. The number of nitrogens with two attached hydrogens (primary N) is 1. The van der Waals surface area contributed by atoms with Crippen molar-refractivity contribution in [2.45, 2.75) is 13.3 Å². The Morgan fingerprint density at radius 3 is 2.47 bits per heavy atom. The van der Waals surface area contributed by atoms with Crippen LogP contribution in [0.4, 0.5) is 5.69 Å². The first kappa shape index (κ1) is 15.5. The summed E-state index contributed by atoms with van der Waals surface area (Å²) in [5.74, 6) is -0.481. The minimum Gasteiger partial charge on any atom is -0.332 e. The maximum absolute atomic E-state index is 11.8. The number of hydrogen-bond acceptors (Lipinski definition) is 3. The van der Waals surface area contributed by atoms with Crippen LogP contribution in [0.2, 0.25) is 5.02 Å². The molecule has 0 fully saturated rings. The molecular weight excluding hydrogens is 266 g/mol. The van der Waals surface area contributed by atoms with Gasteiger partial charge in [0.15, 0.2) is 0 Å². The molecule has 0 aliphatic carbocycles. The number of carbonyl (C=O) groups excluding carboxylic acids is 2. The molecule has 0 bridgehead atoms. The molecule has 0 aliphatic rings. The molecule has 3 N–H and O–H groups in total. The van der Waals surface area contributed by atoms with Crippen molar-refractivity contribution >= 4 is 29.1 Å². The second-order valence-corrected chi connectivity index (χ2v) is 4.51. The van der Waals surface area contributed by atoms with Crippen molar-refractivity contribution in [3.05, 3.63) is 29.3 Å². The third-order valence-electron chi connectivity index (χ3n) is 2.48. The van der Waals surface area contributed by atoms with Crippen LogP contribution in [0.3, 0.4) is 0 Å². The van der Waals surface area contributed by atoms with Crippen LogP contribution in [0.5, 0.6) is 0 Å². The van der Waals surface area contributed by atoms with E-state index in [4.69, 9.17) is 17.3 Å². The lowest BCUT2D eigenvalue weighted by molar-refractivity contribution is -0.133. The molecule has 0 aromatic heterocycles. The van der Waals surface area contributed by atoms with Crippen LogP contribution in [-0.4, -0.2) is 36.3 Å². The predicted molar refractivity (Wildman–Crippen MR) is 76.0 cm³/mol. The Labute approximate surface area is 117 Å². The van der Waals surface area contributed by atoms with Crippen molar-refractivity contribution in [1.29, 1.82) is 0 Å². The highest BCUT2D eigenvalue weighted by Gasteiger charge is 2.14. The largest absolute Gasteiger partial charge is 0.332 e. The standard InChI is InChI=1S/C13H18ClN3O2/c1-2-7-17(13(19)8-15)9-12(18)16-11-5-3-10(14)4-6-11/h3-6H,2,7-9,15H2,1H3,(H,16,18). The number of anilines is 1. The summed E-state index contributed by atoms with van der Waals surface area (Å²) in [5.41, 5.74) is 5.96. The van der Waals surface area contributed by atoms with Crippen molar-refractivity contribution < 1.29 is 9.59 Å². The van der Waals surface area contributed by atoms with Gasteiger partial charge in [0.1, 0.15) is 0 Å². The van der Waals surface area contributed by atoms with Crippen LogP contribution in [0, 0.1) is 0 Å². The maximum atomic E-state index is 11.8. The average Bonchev–Trinajstić information content (AvgIpc) is 2.40. The molecule has 0 atom stereocenters. The number of hydrogen-bond donors (Lipinski definition) is 2. The molecule has 0 unspecified atom stereocenters. The van der Waals surface area contributed by atoms with Gasteiger partial charge in [-0.3, -0.25) is 9.59 Å². The van der Waals surface area contributed by atoms with Crippen LogP contribution in [0.15, 0.2) is 24.3 Å². The van der Waals surface area contributed by atoms with E-state index >= 15 is 0 Å². The fourth-order valence-corrected chi connectivity index (χ4v) is 1.72. The van der Waals surface area contributed by atoms with E-state index in [9.17, 15) is 9.59 Å². The lowest BCUT2D eigenvalue weighted by Crippen LogP contribution is -2.41. The number of rotatable bonds is 6. The van der Waals surface area contributed by atoms with Crippen molar-refractivity contribution in [2.75, 3.05) is 25.0 Å². The van der Waals surface area contributed by atoms with E-state index in [2.05, 4.69) is 5.32 Å². The van der Waals surface area contributed by atoms with Gasteiger partial charge in [0.2, 0.25) is 11.8 Å². The lowest BCUT2D eigenvalue weighted by atomic mass is 10.3. The molecule has 1 rings (SSSR count). The molecule has 0 saturated carbocycles. The number of nitrogens with one attached hydrogen (secondary N) is 1. The summed E-state index contributed by atoms with van der Waals surface area (Å²) in [6.07, 6.45) is 0.778. The summed E-state index contributed by atoms with van der Waals surface area (Å²) in [6.45, 7) is 2.37. The van der Waals surface area contributed by atoms with E-state index in [0.29, 0.717) is 17.3 Å². The molecule has 6 heteroatoms. The van der Waals surface area contributed by atoms with Crippen LogP contribution in [-0.2, 0) is 9.59 Å². The molecule has 19 heavy (non-hydrogen) atoms. The predicted octanol–water partition coefficient (Wildman–Crippen LogP) is 1.48. The summed E-state index contributed by atoms with van der Waals surface area (Å²) in [7, 11) is 0. The summed E-state index contributed by atoms with van der Waals surface area (Å²) >= 11 is 5.75. The van der Waals surface area contributed by atoms with Gasteiger partial charge in [-0.1, -0.05) is 18.5 Å². The second-order valence-electron chi connectivity index (χ2n) is 4.07. The van der Waals surface area contributed by atoms with Gasteiger partial charge in [0.25, 0.3) is 0 Å². The Kier molecular flexibility index (Phi) is 6.32. The van der Waals surface area contributed by atoms with Gasteiger partial charge < -0.3 is 16.0 Å². The van der Waals surface area contributed by atoms with Crippen LogP contribution in [0.25, 0.3) is 0 Å². The quantitative estimate of drug-likeness (QED) is 0.830. The van der Waals surface area contributed by atoms with Gasteiger partial charge in [0, 0.05) is 17.3 Å². The van der Waals surface area contributed by atoms with E-state index < -0.39 is 0 Å². The third-order valence-corrected chi connectivity index (χ3v) is 2.74. The SMILES string of the molecule is CCCN(CC(=O)Nc1ccc(Cl)cc1)C(=O)CN. The average molecular weight is 284 g/mol. The number of halogens is 1. The lowest BCUT2D eigenvalue weighted by Gasteiger charge is -2.20. The normalized spacial score (nSPS) is 10.1. The van der Waals surface area contributed by atoms with Gasteiger partial charge in [-0.05, 0) is 30.7 Å². The maximum Gasteiger partial charge on any atom is 0.243 e. The van der Waals surface area contributed by atoms with E-state index in [1.165, 1.54) is 4.90 Å². The highest BCUT2D eigenvalue weighted by atomic mass is 35.5. The van der Waals surface area contributed by atoms with E-state index in [1.807, 2.05) is 6.92 Å². The Hall–Kier alpha value is -1.59. The first-order chi connectivity index (χ1) is 9.06. The number of carbonyl (C=O) groups is 2. The Balaban J connectivity index is 2.57. The zero-order valence-electron chi connectivity index (χ0n) is 10.9. The fraction of sp³-hybridized carbons (Fsp3) is 0.385. The highest BCUT2D eigenvalue weighted by molar-refractivity contribution is 6.30. The Bertz CT molecular complexity index is 434. The molecule has 104 valence electrons. The second kappa shape index (κ2) is 7.76. The van der Waals surface area contributed by atoms with Crippen molar-refractivity contribution in [3.63, 3.8) is 0 Å². The van der Waals surface area contributed by atoms with Gasteiger partial charge >= 0.3 is 0 Å². The Morgan fingerprint density at radius 2 is 1.95 bits per heavy atom. The van der Waals surface area contributed by atoms with Crippen LogP contribution >= 0.6 is 11.6 Å². The monoisotopic (exact) mass is 283 g/mol. The van der Waals surface area contributed by atoms with E-state index in [1.54, 1.807) is 24.3 Å². The van der Waals surface area contributed by atoms with E-state index in [-0.39, 0.29) is 24.9 Å². The molecule has 0 radical (unpaired) electrons. The topological polar surface area (TPSA) is 75.4 Å². The van der Waals surface area contributed by atoms with E-state index in [0.717, 1.165) is 6.42 Å². The molecule has 2 amide bonds. The fourth-order valence-electron chi connectivity index (χ4n) is 1.60. The van der Waals surface area contributed by atoms with Gasteiger partial charge in [-0.25, -0.2) is 0 Å². The molecule has 0 saturated heterocycles. The summed E-state index contributed by atoms with van der Waals surface area (Å²) < 4.78 is 0. The molecule has 0 spiro atoms. The number of amides is 2. The highest BCUT2D eigenvalue weighted by Crippen LogP contribution is 2.13. The molecule has 1 aromatic rings. The van der Waals surface area contributed by atoms with Crippen molar-refractivity contribution in [3.8, 4) is 0 Å². The summed E-state index contributed by atoms with van der Waals surface area (Å²) in [6, 6.07) is 6.78. The van der Waals surface area contributed by atoms with Crippen LogP contribution in [0.1, 0.15) is 13.3 Å². The molecule has 0 aliphatic heterocycles. The van der Waals surface area contributed by atoms with Crippen LogP contribution < -0.4 is 11.1 Å². The summed E-state index contributed by atoms with van der Waals surface area (Å²) in [5, 5.41) is 3.31. The summed E-state index contributed by atoms with van der Waals surface area (Å²) in [4.78, 5) is 24.8. The minimum absolute atomic E-state index is 0.00645. The van der Waals surface area contributed by atoms with Gasteiger partial charge in [0.05, 0.1) is 13.1 Å². The first-order valence-corrected chi connectivity index (χ1v) is 6.48. The zero-order valence-corrected chi connectivity index (χ0v) is 11.6. The van der Waals surface area contributed by atoms with Gasteiger partial charge in [-0.2, -0.15) is 0 Å². The van der Waals surface area contributed by atoms with Gasteiger partial charge in [-0.15, -0.1) is 0 Å².